The maximum absolute atomic E-state index is 13.1. The van der Waals surface area contributed by atoms with E-state index in [-0.39, 0.29) is 17.3 Å². The average molecular weight is 469 g/mol. The number of hydrogen-bond acceptors (Lipinski definition) is 5. The number of carbonyl (C=O) groups is 1. The van der Waals surface area contributed by atoms with Crippen molar-refractivity contribution in [3.05, 3.63) is 66.8 Å². The fourth-order valence-electron chi connectivity index (χ4n) is 5.94. The Balaban J connectivity index is 1.35. The third-order valence-electron chi connectivity index (χ3n) is 7.14. The highest BCUT2D eigenvalue weighted by molar-refractivity contribution is 8.00. The summed E-state index contributed by atoms with van der Waals surface area (Å²) in [5.74, 6) is 2.33. The van der Waals surface area contributed by atoms with Crippen LogP contribution >= 0.6 is 34.4 Å². The highest BCUT2D eigenvalue weighted by atomic mass is 32.2. The summed E-state index contributed by atoms with van der Waals surface area (Å²) in [6.45, 7) is 2.08. The average Bonchev–Trinajstić information content (AvgIpc) is 3.52. The van der Waals surface area contributed by atoms with Crippen molar-refractivity contribution < 1.29 is 4.79 Å². The molecule has 0 unspecified atom stereocenters. The van der Waals surface area contributed by atoms with Crippen LogP contribution in [-0.4, -0.2) is 15.7 Å². The Morgan fingerprint density at radius 1 is 1.19 bits per heavy atom. The van der Waals surface area contributed by atoms with E-state index in [1.807, 2.05) is 54.3 Å². The second-order valence-electron chi connectivity index (χ2n) is 9.03. The third-order valence-corrected chi connectivity index (χ3v) is 10.9. The minimum Gasteiger partial charge on any atom is -0.325 e. The van der Waals surface area contributed by atoms with Crippen molar-refractivity contribution in [2.75, 3.05) is 5.32 Å². The number of carbonyl (C=O) groups excluding carboxylic acids is 1. The predicted molar refractivity (Wildman–Crippen MR) is 129 cm³/mol. The smallest absolute Gasteiger partial charge is 0.308 e. The summed E-state index contributed by atoms with van der Waals surface area (Å²) in [5, 5.41) is 6.72. The molecule has 31 heavy (non-hydrogen) atoms. The Bertz CT molecular complexity index is 1200. The molecule has 3 aliphatic rings. The number of aromatic nitrogens is 1. The van der Waals surface area contributed by atoms with Crippen molar-refractivity contribution in [1.82, 2.24) is 4.57 Å². The van der Waals surface area contributed by atoms with Crippen molar-refractivity contribution >= 4 is 46.0 Å². The van der Waals surface area contributed by atoms with Crippen LogP contribution in [0.3, 0.4) is 0 Å². The van der Waals surface area contributed by atoms with E-state index >= 15 is 0 Å². The highest BCUT2D eigenvalue weighted by Gasteiger charge is 2.55. The Labute approximate surface area is 193 Å². The molecule has 2 aromatic heterocycles. The molecule has 3 aromatic rings. The number of thiophene rings is 1. The molecule has 1 amide bonds. The van der Waals surface area contributed by atoms with E-state index in [9.17, 15) is 9.59 Å². The molecule has 1 aromatic carbocycles. The van der Waals surface area contributed by atoms with E-state index in [1.165, 1.54) is 40.4 Å². The fourth-order valence-corrected chi connectivity index (χ4v) is 10.1. The van der Waals surface area contributed by atoms with Gasteiger partial charge in [-0.25, -0.2) is 0 Å². The number of aryl methyl sites for hydroxylation is 1. The normalized spacial score (nSPS) is 28.4. The number of nitrogens with one attached hydrogen (secondary N) is 1. The quantitative estimate of drug-likeness (QED) is 0.545. The number of nitrogens with zero attached hydrogens (tertiary/aromatic N) is 1. The molecule has 0 saturated heterocycles. The van der Waals surface area contributed by atoms with Gasteiger partial charge in [-0.3, -0.25) is 14.2 Å². The zero-order valence-corrected chi connectivity index (χ0v) is 19.7. The molecule has 160 valence electrons. The molecule has 2 bridgehead atoms. The number of amides is 1. The standard InChI is InChI=1S/C24H24N2O2S3/c1-13-4-2-5-16(10-13)25-18(27)12-26-23-22(31-24(26)28)20(17-6-3-9-29-17)19-14-7-8-15(11-14)21(19)30-23/h2-6,9-10,14-15,19-21H,7-8,11-12H2,1H3,(H,25,27)/t14-,15-,19-,20-,21+/m0/s1. The summed E-state index contributed by atoms with van der Waals surface area (Å²) in [7, 11) is 0. The first-order valence-electron chi connectivity index (χ1n) is 10.9. The number of rotatable bonds is 4. The maximum atomic E-state index is 13.1. The minimum absolute atomic E-state index is 0.00855. The minimum atomic E-state index is -0.142. The zero-order chi connectivity index (χ0) is 21.1. The van der Waals surface area contributed by atoms with Gasteiger partial charge in [0.1, 0.15) is 6.54 Å². The van der Waals surface area contributed by atoms with E-state index in [0.29, 0.717) is 17.1 Å². The SMILES string of the molecule is Cc1cccc(NC(=O)Cn2c3c(sc2=O)[C@@H](c2cccs2)[C@@H]2[C@H]4CC[C@@H](C4)[C@H]2S3)c1. The van der Waals surface area contributed by atoms with E-state index in [1.54, 1.807) is 4.57 Å². The lowest BCUT2D eigenvalue weighted by atomic mass is 9.77. The van der Waals surface area contributed by atoms with E-state index in [4.69, 9.17) is 0 Å². The van der Waals surface area contributed by atoms with Gasteiger partial charge in [-0.05, 0) is 73.1 Å². The molecular formula is C24H24N2O2S3. The van der Waals surface area contributed by atoms with Gasteiger partial charge in [0, 0.05) is 26.6 Å². The lowest BCUT2D eigenvalue weighted by Crippen LogP contribution is -2.34. The van der Waals surface area contributed by atoms with Crippen molar-refractivity contribution in [3.63, 3.8) is 0 Å². The van der Waals surface area contributed by atoms with Crippen LogP contribution in [0.25, 0.3) is 0 Å². The lowest BCUT2D eigenvalue weighted by molar-refractivity contribution is -0.116. The second kappa shape index (κ2) is 7.64. The Kier molecular flexibility index (Phi) is 4.89. The van der Waals surface area contributed by atoms with Gasteiger partial charge in [0.15, 0.2) is 0 Å². The molecule has 3 heterocycles. The summed E-state index contributed by atoms with van der Waals surface area (Å²) < 4.78 is 1.73. The van der Waals surface area contributed by atoms with Crippen LogP contribution < -0.4 is 10.2 Å². The Morgan fingerprint density at radius 3 is 2.87 bits per heavy atom. The molecule has 2 fully saturated rings. The van der Waals surface area contributed by atoms with Gasteiger partial charge < -0.3 is 5.32 Å². The molecule has 5 atom stereocenters. The molecule has 7 heteroatoms. The van der Waals surface area contributed by atoms with Crippen molar-refractivity contribution in [2.24, 2.45) is 17.8 Å². The van der Waals surface area contributed by atoms with Gasteiger partial charge >= 0.3 is 4.87 Å². The Morgan fingerprint density at radius 2 is 2.06 bits per heavy atom. The summed E-state index contributed by atoms with van der Waals surface area (Å²) in [6, 6.07) is 12.1. The van der Waals surface area contributed by atoms with Gasteiger partial charge in [0.05, 0.1) is 5.03 Å². The predicted octanol–water partition coefficient (Wildman–Crippen LogP) is 5.57. The lowest BCUT2D eigenvalue weighted by Gasteiger charge is -2.40. The number of thioether (sulfide) groups is 1. The first-order chi connectivity index (χ1) is 15.1. The van der Waals surface area contributed by atoms with Gasteiger partial charge in [0.25, 0.3) is 0 Å². The molecule has 1 N–H and O–H groups in total. The van der Waals surface area contributed by atoms with Crippen LogP contribution in [0, 0.1) is 24.7 Å². The molecule has 0 spiro atoms. The molecule has 6 rings (SSSR count). The molecule has 1 aliphatic heterocycles. The highest BCUT2D eigenvalue weighted by Crippen LogP contribution is 2.64. The summed E-state index contributed by atoms with van der Waals surface area (Å²) in [5.41, 5.74) is 1.87. The fraction of sp³-hybridized carbons (Fsp3) is 0.417. The summed E-state index contributed by atoms with van der Waals surface area (Å²) in [4.78, 5) is 28.4. The van der Waals surface area contributed by atoms with E-state index in [2.05, 4.69) is 22.8 Å². The number of anilines is 1. The van der Waals surface area contributed by atoms with Crippen molar-refractivity contribution in [1.29, 1.82) is 0 Å². The van der Waals surface area contributed by atoms with Crippen LogP contribution in [0.2, 0.25) is 0 Å². The van der Waals surface area contributed by atoms with Crippen LogP contribution in [-0.2, 0) is 11.3 Å². The maximum Gasteiger partial charge on any atom is 0.308 e. The second-order valence-corrected chi connectivity index (χ2v) is 12.2. The molecule has 2 aliphatic carbocycles. The zero-order valence-electron chi connectivity index (χ0n) is 17.2. The third kappa shape index (κ3) is 3.33. The molecule has 2 saturated carbocycles. The van der Waals surface area contributed by atoms with Crippen LogP contribution in [0.5, 0.6) is 0 Å². The van der Waals surface area contributed by atoms with E-state index < -0.39 is 0 Å². The topological polar surface area (TPSA) is 51.1 Å². The van der Waals surface area contributed by atoms with Gasteiger partial charge in [-0.2, -0.15) is 0 Å². The Hall–Kier alpha value is -1.83. The first-order valence-corrected chi connectivity index (χ1v) is 13.5. The van der Waals surface area contributed by atoms with Crippen LogP contribution in [0.15, 0.2) is 51.6 Å². The molecular weight excluding hydrogens is 444 g/mol. The van der Waals surface area contributed by atoms with Crippen molar-refractivity contribution in [2.45, 2.75) is 48.9 Å². The largest absolute Gasteiger partial charge is 0.325 e. The van der Waals surface area contributed by atoms with Gasteiger partial charge in [0.2, 0.25) is 5.91 Å². The van der Waals surface area contributed by atoms with Gasteiger partial charge in [-0.1, -0.05) is 29.5 Å². The number of fused-ring (bicyclic) bond motifs is 6. The van der Waals surface area contributed by atoms with Crippen molar-refractivity contribution in [3.8, 4) is 0 Å². The number of benzene rings is 1. The number of thiazole rings is 1. The van der Waals surface area contributed by atoms with E-state index in [0.717, 1.165) is 28.1 Å². The van der Waals surface area contributed by atoms with Gasteiger partial charge in [-0.15, -0.1) is 23.1 Å². The first kappa shape index (κ1) is 19.8. The monoisotopic (exact) mass is 468 g/mol. The number of hydrogen-bond donors (Lipinski definition) is 1. The van der Waals surface area contributed by atoms with Crippen LogP contribution in [0.4, 0.5) is 5.69 Å². The molecule has 0 radical (unpaired) electrons. The summed E-state index contributed by atoms with van der Waals surface area (Å²) in [6.07, 6.45) is 3.98. The molecule has 4 nitrogen and oxygen atoms in total. The van der Waals surface area contributed by atoms with Crippen LogP contribution in [0.1, 0.15) is 40.5 Å². The summed E-state index contributed by atoms with van der Waals surface area (Å²) >= 11 is 5.06.